The summed E-state index contributed by atoms with van der Waals surface area (Å²) in [6.07, 6.45) is 4.51. The van der Waals surface area contributed by atoms with E-state index >= 15 is 0 Å². The van der Waals surface area contributed by atoms with E-state index in [0.29, 0.717) is 0 Å². The van der Waals surface area contributed by atoms with Gasteiger partial charge in [-0.25, -0.2) is 4.98 Å². The van der Waals surface area contributed by atoms with E-state index < -0.39 is 0 Å². The number of nitrogens with zero attached hydrogens (tertiary/aromatic N) is 3. The Labute approximate surface area is 120 Å². The first kappa shape index (κ1) is 14.8. The van der Waals surface area contributed by atoms with Gasteiger partial charge in [-0.05, 0) is 38.9 Å². The van der Waals surface area contributed by atoms with Crippen LogP contribution in [-0.4, -0.2) is 50.2 Å². The molecular formula is C14H26N4S. The maximum absolute atomic E-state index is 4.55. The standard InChI is InChI=1S/C14H26N4S/c1-4-6-15-8-13-9-16-14(19-13)18(3)11-12-5-7-17(2)10-12/h9,12,15H,4-8,10-11H2,1-3H3. The lowest BCUT2D eigenvalue weighted by Gasteiger charge is -2.20. The second-order valence-corrected chi connectivity index (χ2v) is 6.68. The molecule has 2 heterocycles. The van der Waals surface area contributed by atoms with Crippen LogP contribution in [0, 0.1) is 5.92 Å². The van der Waals surface area contributed by atoms with Crippen LogP contribution in [0.4, 0.5) is 5.13 Å². The Morgan fingerprint density at radius 3 is 3.11 bits per heavy atom. The van der Waals surface area contributed by atoms with Crippen molar-refractivity contribution in [2.24, 2.45) is 5.92 Å². The van der Waals surface area contributed by atoms with Gasteiger partial charge in [0.1, 0.15) is 0 Å². The fourth-order valence-corrected chi connectivity index (χ4v) is 3.43. The predicted octanol–water partition coefficient (Wildman–Crippen LogP) is 2.03. The number of anilines is 1. The van der Waals surface area contributed by atoms with Crippen molar-refractivity contribution < 1.29 is 0 Å². The van der Waals surface area contributed by atoms with Gasteiger partial charge in [0.05, 0.1) is 0 Å². The SMILES string of the molecule is CCCNCc1cnc(N(C)CC2CCN(C)C2)s1. The zero-order valence-electron chi connectivity index (χ0n) is 12.4. The summed E-state index contributed by atoms with van der Waals surface area (Å²) in [5.74, 6) is 0.792. The third-order valence-electron chi connectivity index (χ3n) is 3.61. The van der Waals surface area contributed by atoms with Gasteiger partial charge in [-0.2, -0.15) is 0 Å². The van der Waals surface area contributed by atoms with Crippen molar-refractivity contribution in [2.75, 3.05) is 45.2 Å². The first-order valence-electron chi connectivity index (χ1n) is 7.24. The average molecular weight is 282 g/mol. The van der Waals surface area contributed by atoms with Crippen LogP contribution in [0.15, 0.2) is 6.20 Å². The maximum atomic E-state index is 4.55. The number of rotatable bonds is 7. The fraction of sp³-hybridized carbons (Fsp3) is 0.786. The quantitative estimate of drug-likeness (QED) is 0.776. The summed E-state index contributed by atoms with van der Waals surface area (Å²) in [7, 11) is 4.38. The first-order valence-corrected chi connectivity index (χ1v) is 8.05. The minimum atomic E-state index is 0.792. The van der Waals surface area contributed by atoms with Gasteiger partial charge in [0.2, 0.25) is 0 Å². The smallest absolute Gasteiger partial charge is 0.185 e. The Morgan fingerprint density at radius 1 is 1.58 bits per heavy atom. The van der Waals surface area contributed by atoms with Gasteiger partial charge in [0.25, 0.3) is 0 Å². The largest absolute Gasteiger partial charge is 0.351 e. The molecule has 19 heavy (non-hydrogen) atoms. The summed E-state index contributed by atoms with van der Waals surface area (Å²) in [6, 6.07) is 0. The summed E-state index contributed by atoms with van der Waals surface area (Å²) in [5.41, 5.74) is 0. The summed E-state index contributed by atoms with van der Waals surface area (Å²) in [5, 5.41) is 4.58. The molecule has 4 nitrogen and oxygen atoms in total. The van der Waals surface area contributed by atoms with E-state index in [-0.39, 0.29) is 0 Å². The van der Waals surface area contributed by atoms with Crippen LogP contribution < -0.4 is 10.2 Å². The van der Waals surface area contributed by atoms with Gasteiger partial charge in [-0.3, -0.25) is 0 Å². The van der Waals surface area contributed by atoms with Crippen molar-refractivity contribution in [3.63, 3.8) is 0 Å². The number of aromatic nitrogens is 1. The summed E-state index contributed by atoms with van der Waals surface area (Å²) in [4.78, 5) is 10.6. The molecule has 1 N–H and O–H groups in total. The van der Waals surface area contributed by atoms with Crippen LogP contribution >= 0.6 is 11.3 Å². The number of likely N-dealkylation sites (tertiary alicyclic amines) is 1. The molecule has 1 aromatic heterocycles. The monoisotopic (exact) mass is 282 g/mol. The van der Waals surface area contributed by atoms with Crippen LogP contribution in [0.1, 0.15) is 24.6 Å². The van der Waals surface area contributed by atoms with E-state index in [4.69, 9.17) is 0 Å². The number of hydrogen-bond acceptors (Lipinski definition) is 5. The lowest BCUT2D eigenvalue weighted by Crippen LogP contribution is -2.27. The van der Waals surface area contributed by atoms with Gasteiger partial charge in [0.15, 0.2) is 5.13 Å². The van der Waals surface area contributed by atoms with Crippen molar-refractivity contribution in [3.05, 3.63) is 11.1 Å². The predicted molar refractivity (Wildman–Crippen MR) is 83.0 cm³/mol. The Morgan fingerprint density at radius 2 is 2.42 bits per heavy atom. The van der Waals surface area contributed by atoms with Gasteiger partial charge in [-0.15, -0.1) is 11.3 Å². The molecule has 0 spiro atoms. The van der Waals surface area contributed by atoms with Crippen molar-refractivity contribution in [1.29, 1.82) is 0 Å². The van der Waals surface area contributed by atoms with E-state index in [0.717, 1.165) is 30.7 Å². The Kier molecular flexibility index (Phi) is 5.60. The average Bonchev–Trinajstić information content (AvgIpc) is 2.99. The Balaban J connectivity index is 1.80. The zero-order valence-corrected chi connectivity index (χ0v) is 13.2. The summed E-state index contributed by atoms with van der Waals surface area (Å²) in [6.45, 7) is 7.81. The van der Waals surface area contributed by atoms with Crippen molar-refractivity contribution in [2.45, 2.75) is 26.3 Å². The van der Waals surface area contributed by atoms with Gasteiger partial charge >= 0.3 is 0 Å². The highest BCUT2D eigenvalue weighted by molar-refractivity contribution is 7.15. The molecule has 1 unspecified atom stereocenters. The fourth-order valence-electron chi connectivity index (χ4n) is 2.58. The molecule has 0 bridgehead atoms. The topological polar surface area (TPSA) is 31.4 Å². The summed E-state index contributed by atoms with van der Waals surface area (Å²) < 4.78 is 0. The normalized spacial score (nSPS) is 20.1. The molecule has 0 saturated carbocycles. The molecule has 0 aliphatic carbocycles. The van der Waals surface area contributed by atoms with Crippen LogP contribution in [-0.2, 0) is 6.54 Å². The molecule has 108 valence electrons. The lowest BCUT2D eigenvalue weighted by atomic mass is 10.1. The molecule has 1 aliphatic rings. The number of thiazole rings is 1. The lowest BCUT2D eigenvalue weighted by molar-refractivity contribution is 0.396. The van der Waals surface area contributed by atoms with Gasteiger partial charge in [-0.1, -0.05) is 6.92 Å². The third kappa shape index (κ3) is 4.44. The molecule has 1 saturated heterocycles. The van der Waals surface area contributed by atoms with Crippen molar-refractivity contribution in [3.8, 4) is 0 Å². The molecule has 1 aliphatic heterocycles. The first-order chi connectivity index (χ1) is 9.19. The Hall–Kier alpha value is -0.650. The van der Waals surface area contributed by atoms with Crippen molar-refractivity contribution in [1.82, 2.24) is 15.2 Å². The molecule has 0 aromatic carbocycles. The van der Waals surface area contributed by atoms with E-state index in [1.165, 1.54) is 30.8 Å². The van der Waals surface area contributed by atoms with E-state index in [9.17, 15) is 0 Å². The third-order valence-corrected chi connectivity index (χ3v) is 4.73. The number of nitrogens with one attached hydrogen (secondary N) is 1. The van der Waals surface area contributed by atoms with Crippen LogP contribution in [0.2, 0.25) is 0 Å². The molecule has 0 amide bonds. The van der Waals surface area contributed by atoms with Crippen LogP contribution in [0.5, 0.6) is 0 Å². The highest BCUT2D eigenvalue weighted by atomic mass is 32.1. The summed E-state index contributed by atoms with van der Waals surface area (Å²) >= 11 is 1.81. The molecular weight excluding hydrogens is 256 g/mol. The number of hydrogen-bond donors (Lipinski definition) is 1. The minimum Gasteiger partial charge on any atom is -0.351 e. The van der Waals surface area contributed by atoms with Crippen LogP contribution in [0.25, 0.3) is 0 Å². The molecule has 2 rings (SSSR count). The Bertz CT molecular complexity index is 379. The second-order valence-electron chi connectivity index (χ2n) is 5.58. The maximum Gasteiger partial charge on any atom is 0.185 e. The molecule has 1 aromatic rings. The zero-order chi connectivity index (χ0) is 13.7. The second kappa shape index (κ2) is 7.22. The molecule has 0 radical (unpaired) electrons. The van der Waals surface area contributed by atoms with E-state index in [2.05, 4.69) is 41.1 Å². The molecule has 1 fully saturated rings. The van der Waals surface area contributed by atoms with E-state index in [1.54, 1.807) is 0 Å². The highest BCUT2D eigenvalue weighted by Gasteiger charge is 2.21. The highest BCUT2D eigenvalue weighted by Crippen LogP contribution is 2.24. The minimum absolute atomic E-state index is 0.792. The van der Waals surface area contributed by atoms with Crippen LogP contribution in [0.3, 0.4) is 0 Å². The van der Waals surface area contributed by atoms with E-state index in [1.807, 2.05) is 17.5 Å². The van der Waals surface area contributed by atoms with Gasteiger partial charge < -0.3 is 15.1 Å². The van der Waals surface area contributed by atoms with Crippen molar-refractivity contribution >= 4 is 16.5 Å². The van der Waals surface area contributed by atoms with Gasteiger partial charge in [0, 0.05) is 37.8 Å². The molecule has 5 heteroatoms. The molecule has 1 atom stereocenters.